The first-order valence-electron chi connectivity index (χ1n) is 4.75. The zero-order valence-corrected chi connectivity index (χ0v) is 7.81. The van der Waals surface area contributed by atoms with E-state index in [2.05, 4.69) is 0 Å². The molecule has 0 heterocycles. The molecule has 0 radical (unpaired) electrons. The minimum Gasteiger partial charge on any atom is -0.384 e. The van der Waals surface area contributed by atoms with Gasteiger partial charge in [0.05, 0.1) is 0 Å². The molecule has 0 aromatic heterocycles. The number of ketones is 1. The van der Waals surface area contributed by atoms with Crippen LogP contribution >= 0.6 is 0 Å². The van der Waals surface area contributed by atoms with Crippen LogP contribution in [0.15, 0.2) is 42.0 Å². The first-order chi connectivity index (χ1) is 6.79. The van der Waals surface area contributed by atoms with E-state index >= 15 is 0 Å². The molecule has 2 heteroatoms. The third-order valence-corrected chi connectivity index (χ3v) is 2.47. The fraction of sp³-hybridized carbons (Fsp3) is 0.250. The van der Waals surface area contributed by atoms with Gasteiger partial charge in [-0.3, -0.25) is 4.79 Å². The molecular weight excluding hydrogens is 176 g/mol. The molecule has 0 aliphatic heterocycles. The summed E-state index contributed by atoms with van der Waals surface area (Å²) in [4.78, 5) is 11.4. The summed E-state index contributed by atoms with van der Waals surface area (Å²) < 4.78 is 0. The Balaban J connectivity index is 2.24. The number of aliphatic hydroxyl groups is 1. The van der Waals surface area contributed by atoms with Crippen molar-refractivity contribution in [2.75, 3.05) is 0 Å². The molecule has 0 spiro atoms. The van der Waals surface area contributed by atoms with Gasteiger partial charge in [-0.1, -0.05) is 36.4 Å². The van der Waals surface area contributed by atoms with Crippen molar-refractivity contribution < 1.29 is 9.90 Å². The summed E-state index contributed by atoms with van der Waals surface area (Å²) in [6, 6.07) is 9.27. The lowest BCUT2D eigenvalue weighted by molar-refractivity contribution is -0.115. The van der Waals surface area contributed by atoms with E-state index in [-0.39, 0.29) is 5.78 Å². The van der Waals surface area contributed by atoms with Crippen LogP contribution in [0.4, 0.5) is 0 Å². The van der Waals surface area contributed by atoms with Crippen molar-refractivity contribution in [3.8, 4) is 0 Å². The molecule has 0 saturated carbocycles. The van der Waals surface area contributed by atoms with E-state index in [0.717, 1.165) is 12.0 Å². The Labute approximate surface area is 82.9 Å². The topological polar surface area (TPSA) is 37.3 Å². The Kier molecular flexibility index (Phi) is 2.46. The molecule has 2 nitrogen and oxygen atoms in total. The molecule has 1 aromatic carbocycles. The number of hydrogen-bond donors (Lipinski definition) is 1. The van der Waals surface area contributed by atoms with Crippen LogP contribution in [-0.2, 0) is 4.79 Å². The zero-order valence-electron chi connectivity index (χ0n) is 7.81. The van der Waals surface area contributed by atoms with Crippen LogP contribution in [0.1, 0.15) is 24.5 Å². The first-order valence-corrected chi connectivity index (χ1v) is 4.75. The largest absolute Gasteiger partial charge is 0.384 e. The lowest BCUT2D eigenvalue weighted by Gasteiger charge is -2.10. The standard InChI is InChI=1S/C12H12O2/c13-11-8-4-7-10(11)12(14)9-5-2-1-3-6-9/h1-3,5-7,12,14H,4,8H2/t12-/m1/s1. The first kappa shape index (κ1) is 9.16. The summed E-state index contributed by atoms with van der Waals surface area (Å²) in [6.45, 7) is 0. The van der Waals surface area contributed by atoms with Crippen LogP contribution in [0.3, 0.4) is 0 Å². The van der Waals surface area contributed by atoms with Crippen LogP contribution in [0.2, 0.25) is 0 Å². The molecule has 1 atom stereocenters. The van der Waals surface area contributed by atoms with Gasteiger partial charge in [0, 0.05) is 12.0 Å². The van der Waals surface area contributed by atoms with Crippen LogP contribution in [0.25, 0.3) is 0 Å². The van der Waals surface area contributed by atoms with Gasteiger partial charge in [-0.2, -0.15) is 0 Å². The highest BCUT2D eigenvalue weighted by atomic mass is 16.3. The highest BCUT2D eigenvalue weighted by Gasteiger charge is 2.22. The van der Waals surface area contributed by atoms with Gasteiger partial charge in [0.15, 0.2) is 5.78 Å². The molecule has 2 rings (SSSR count). The monoisotopic (exact) mass is 188 g/mol. The number of hydrogen-bond acceptors (Lipinski definition) is 2. The van der Waals surface area contributed by atoms with Gasteiger partial charge in [0.1, 0.15) is 6.10 Å². The van der Waals surface area contributed by atoms with Crippen molar-refractivity contribution in [2.24, 2.45) is 0 Å². The number of aliphatic hydroxyl groups excluding tert-OH is 1. The van der Waals surface area contributed by atoms with Crippen LogP contribution < -0.4 is 0 Å². The molecule has 0 unspecified atom stereocenters. The van der Waals surface area contributed by atoms with Gasteiger partial charge >= 0.3 is 0 Å². The van der Waals surface area contributed by atoms with E-state index in [1.54, 1.807) is 0 Å². The highest BCUT2D eigenvalue weighted by molar-refractivity contribution is 5.98. The van der Waals surface area contributed by atoms with Crippen LogP contribution in [-0.4, -0.2) is 10.9 Å². The molecule has 1 aromatic rings. The summed E-state index contributed by atoms with van der Waals surface area (Å²) >= 11 is 0. The van der Waals surface area contributed by atoms with Gasteiger partial charge < -0.3 is 5.11 Å². The maximum atomic E-state index is 11.4. The van der Waals surface area contributed by atoms with Crippen molar-refractivity contribution in [1.29, 1.82) is 0 Å². The highest BCUT2D eigenvalue weighted by Crippen LogP contribution is 2.27. The Morgan fingerprint density at radius 2 is 1.93 bits per heavy atom. The average molecular weight is 188 g/mol. The molecule has 72 valence electrons. The summed E-state index contributed by atoms with van der Waals surface area (Å²) in [5.41, 5.74) is 1.34. The van der Waals surface area contributed by atoms with Crippen molar-refractivity contribution in [1.82, 2.24) is 0 Å². The lowest BCUT2D eigenvalue weighted by atomic mass is 10.0. The summed E-state index contributed by atoms with van der Waals surface area (Å²) in [5, 5.41) is 9.90. The molecule has 1 aliphatic carbocycles. The average Bonchev–Trinajstić information content (AvgIpc) is 2.65. The van der Waals surface area contributed by atoms with Crippen molar-refractivity contribution in [3.63, 3.8) is 0 Å². The van der Waals surface area contributed by atoms with Gasteiger partial charge in [-0.05, 0) is 12.0 Å². The maximum Gasteiger partial charge on any atom is 0.161 e. The number of carbonyl (C=O) groups is 1. The summed E-state index contributed by atoms with van der Waals surface area (Å²) in [7, 11) is 0. The number of carbonyl (C=O) groups excluding carboxylic acids is 1. The number of allylic oxidation sites excluding steroid dienone is 1. The Morgan fingerprint density at radius 1 is 1.21 bits per heavy atom. The third-order valence-electron chi connectivity index (χ3n) is 2.47. The van der Waals surface area contributed by atoms with Gasteiger partial charge in [-0.15, -0.1) is 0 Å². The molecule has 14 heavy (non-hydrogen) atoms. The van der Waals surface area contributed by atoms with E-state index in [0.29, 0.717) is 12.0 Å². The minimum atomic E-state index is -0.744. The number of rotatable bonds is 2. The van der Waals surface area contributed by atoms with E-state index in [1.807, 2.05) is 36.4 Å². The van der Waals surface area contributed by atoms with Gasteiger partial charge in [0.25, 0.3) is 0 Å². The van der Waals surface area contributed by atoms with Crippen molar-refractivity contribution in [3.05, 3.63) is 47.5 Å². The Bertz CT molecular complexity index is 365. The van der Waals surface area contributed by atoms with Gasteiger partial charge in [-0.25, -0.2) is 0 Å². The Hall–Kier alpha value is -1.41. The molecule has 1 aliphatic rings. The van der Waals surface area contributed by atoms with E-state index < -0.39 is 6.10 Å². The quantitative estimate of drug-likeness (QED) is 0.770. The SMILES string of the molecule is O=C1CCC=C1[C@H](O)c1ccccc1. The molecule has 0 fully saturated rings. The lowest BCUT2D eigenvalue weighted by Crippen LogP contribution is -2.07. The summed E-state index contributed by atoms with van der Waals surface area (Å²) in [5.74, 6) is 0.0707. The van der Waals surface area contributed by atoms with Crippen molar-refractivity contribution >= 4 is 5.78 Å². The molecular formula is C12H12O2. The molecule has 1 N–H and O–H groups in total. The van der Waals surface area contributed by atoms with E-state index in [9.17, 15) is 9.90 Å². The van der Waals surface area contributed by atoms with Gasteiger partial charge in [0.2, 0.25) is 0 Å². The smallest absolute Gasteiger partial charge is 0.161 e. The fourth-order valence-corrected chi connectivity index (χ4v) is 1.70. The normalized spacial score (nSPS) is 18.1. The van der Waals surface area contributed by atoms with Crippen molar-refractivity contribution in [2.45, 2.75) is 18.9 Å². The molecule has 0 amide bonds. The second kappa shape index (κ2) is 3.76. The summed E-state index contributed by atoms with van der Waals surface area (Å²) in [6.07, 6.45) is 2.39. The molecule has 0 saturated heterocycles. The maximum absolute atomic E-state index is 11.4. The molecule has 0 bridgehead atoms. The fourth-order valence-electron chi connectivity index (χ4n) is 1.70. The third kappa shape index (κ3) is 1.61. The second-order valence-corrected chi connectivity index (χ2v) is 3.43. The zero-order chi connectivity index (χ0) is 9.97. The second-order valence-electron chi connectivity index (χ2n) is 3.43. The van der Waals surface area contributed by atoms with Crippen LogP contribution in [0, 0.1) is 0 Å². The predicted molar refractivity (Wildman–Crippen MR) is 53.7 cm³/mol. The number of Topliss-reactive ketones (excluding diaryl/α,β-unsaturated/α-hetero) is 1. The Morgan fingerprint density at radius 3 is 2.50 bits per heavy atom. The minimum absolute atomic E-state index is 0.0707. The number of benzene rings is 1. The van der Waals surface area contributed by atoms with E-state index in [1.165, 1.54) is 0 Å². The predicted octanol–water partition coefficient (Wildman–Crippen LogP) is 2.01. The van der Waals surface area contributed by atoms with Crippen LogP contribution in [0.5, 0.6) is 0 Å². The van der Waals surface area contributed by atoms with E-state index in [4.69, 9.17) is 0 Å².